The summed E-state index contributed by atoms with van der Waals surface area (Å²) in [5, 5.41) is 10.2. The van der Waals surface area contributed by atoms with Crippen LogP contribution in [0.2, 0.25) is 0 Å². The number of piperidine rings is 1. The first-order valence-electron chi connectivity index (χ1n) is 11.0. The lowest BCUT2D eigenvalue weighted by atomic mass is 9.93. The fourth-order valence-corrected chi connectivity index (χ4v) is 3.85. The van der Waals surface area contributed by atoms with Crippen molar-refractivity contribution in [1.82, 2.24) is 4.90 Å². The van der Waals surface area contributed by atoms with E-state index in [4.69, 9.17) is 9.47 Å². The summed E-state index contributed by atoms with van der Waals surface area (Å²) in [6, 6.07) is 13.6. The van der Waals surface area contributed by atoms with E-state index in [1.807, 2.05) is 30.3 Å². The van der Waals surface area contributed by atoms with E-state index in [2.05, 4.69) is 0 Å². The van der Waals surface area contributed by atoms with Gasteiger partial charge in [0, 0.05) is 12.5 Å². The number of carbonyl (C=O) groups excluding carboxylic acids is 1. The van der Waals surface area contributed by atoms with Crippen molar-refractivity contribution in [2.24, 2.45) is 0 Å². The van der Waals surface area contributed by atoms with Crippen LogP contribution >= 0.6 is 0 Å². The van der Waals surface area contributed by atoms with Crippen LogP contribution in [0.5, 0.6) is 5.75 Å². The summed E-state index contributed by atoms with van der Waals surface area (Å²) >= 11 is 0. The van der Waals surface area contributed by atoms with Crippen molar-refractivity contribution in [2.75, 3.05) is 6.54 Å². The molecule has 8 heteroatoms. The minimum Gasteiger partial charge on any atom is -0.486 e. The fourth-order valence-electron chi connectivity index (χ4n) is 3.85. The molecule has 2 aromatic carbocycles. The van der Waals surface area contributed by atoms with Gasteiger partial charge in [0.05, 0.1) is 18.2 Å². The van der Waals surface area contributed by atoms with Crippen LogP contribution in [0.15, 0.2) is 54.6 Å². The van der Waals surface area contributed by atoms with Crippen LogP contribution in [0.1, 0.15) is 57.3 Å². The van der Waals surface area contributed by atoms with Crippen molar-refractivity contribution in [3.05, 3.63) is 65.7 Å². The van der Waals surface area contributed by atoms with E-state index >= 15 is 0 Å². The molecule has 1 amide bonds. The second kappa shape index (κ2) is 10.0. The summed E-state index contributed by atoms with van der Waals surface area (Å²) in [4.78, 5) is 14.4. The van der Waals surface area contributed by atoms with Crippen molar-refractivity contribution in [3.8, 4) is 5.75 Å². The fraction of sp³-hybridized carbons (Fsp3) is 0.480. The van der Waals surface area contributed by atoms with E-state index in [9.17, 15) is 23.1 Å². The maximum Gasteiger partial charge on any atom is 0.416 e. The molecule has 1 heterocycles. The van der Waals surface area contributed by atoms with Crippen molar-refractivity contribution in [2.45, 2.75) is 70.1 Å². The summed E-state index contributed by atoms with van der Waals surface area (Å²) in [6.45, 7) is 5.49. The minimum absolute atomic E-state index is 0.154. The number of likely N-dealkylation sites (tertiary alicyclic amines) is 1. The SMILES string of the molecule is CC(C)(C)OC(=O)N1C[C@@H](O)CC[C@@H]1C[C@H](Oc1ccc(C(F)(F)F)cc1)c1ccccc1. The Hall–Kier alpha value is -2.74. The molecule has 0 radical (unpaired) electrons. The van der Waals surface area contributed by atoms with E-state index < -0.39 is 35.6 Å². The molecular formula is C25H30F3NO4. The number of nitrogens with zero attached hydrogens (tertiary/aromatic N) is 1. The topological polar surface area (TPSA) is 59.0 Å². The maximum atomic E-state index is 12.9. The molecule has 0 spiro atoms. The number of carbonyl (C=O) groups is 1. The quantitative estimate of drug-likeness (QED) is 0.591. The largest absolute Gasteiger partial charge is 0.486 e. The van der Waals surface area contributed by atoms with Crippen LogP contribution in [-0.2, 0) is 10.9 Å². The Balaban J connectivity index is 1.82. The van der Waals surface area contributed by atoms with E-state index in [-0.39, 0.29) is 12.6 Å². The van der Waals surface area contributed by atoms with Crippen LogP contribution < -0.4 is 4.74 Å². The summed E-state index contributed by atoms with van der Waals surface area (Å²) < 4.78 is 50.4. The van der Waals surface area contributed by atoms with Gasteiger partial charge in [0.25, 0.3) is 0 Å². The standard InChI is InChI=1S/C25H30F3NO4/c1-24(2,3)33-23(31)29-16-20(30)12-11-19(29)15-22(17-7-5-4-6-8-17)32-21-13-9-18(10-14-21)25(26,27)28/h4-10,13-14,19-20,22,30H,11-12,15-16H2,1-3H3/t19-,20+,22+/m1/s1. The molecule has 33 heavy (non-hydrogen) atoms. The summed E-state index contributed by atoms with van der Waals surface area (Å²) in [5.74, 6) is 0.302. The minimum atomic E-state index is -4.42. The molecule has 1 saturated heterocycles. The predicted octanol–water partition coefficient (Wildman–Crippen LogP) is 5.98. The molecule has 1 N–H and O–H groups in total. The third-order valence-electron chi connectivity index (χ3n) is 5.43. The summed E-state index contributed by atoms with van der Waals surface area (Å²) in [7, 11) is 0. The van der Waals surface area contributed by atoms with Crippen molar-refractivity contribution < 1.29 is 32.5 Å². The first kappa shape index (κ1) is 24.9. The van der Waals surface area contributed by atoms with Crippen molar-refractivity contribution in [1.29, 1.82) is 0 Å². The Bertz CT molecular complexity index is 910. The normalized spacial score (nSPS) is 20.3. The van der Waals surface area contributed by atoms with Gasteiger partial charge in [0.2, 0.25) is 0 Å². The van der Waals surface area contributed by atoms with Gasteiger partial charge < -0.3 is 19.5 Å². The van der Waals surface area contributed by atoms with E-state index in [1.54, 1.807) is 20.8 Å². The Kier molecular flexibility index (Phi) is 7.57. The Morgan fingerprint density at radius 3 is 2.27 bits per heavy atom. The van der Waals surface area contributed by atoms with Gasteiger partial charge in [-0.1, -0.05) is 30.3 Å². The Morgan fingerprint density at radius 2 is 1.70 bits per heavy atom. The maximum absolute atomic E-state index is 12.9. The molecule has 180 valence electrons. The molecule has 0 aliphatic carbocycles. The highest BCUT2D eigenvalue weighted by Gasteiger charge is 2.36. The van der Waals surface area contributed by atoms with Gasteiger partial charge in [0.1, 0.15) is 17.5 Å². The predicted molar refractivity (Wildman–Crippen MR) is 118 cm³/mol. The lowest BCUT2D eigenvalue weighted by Gasteiger charge is -2.40. The van der Waals surface area contributed by atoms with Crippen LogP contribution in [0.25, 0.3) is 0 Å². The van der Waals surface area contributed by atoms with Gasteiger partial charge in [-0.05, 0) is 63.4 Å². The lowest BCUT2D eigenvalue weighted by molar-refractivity contribution is -0.137. The first-order chi connectivity index (χ1) is 15.4. The number of benzene rings is 2. The van der Waals surface area contributed by atoms with Crippen molar-refractivity contribution in [3.63, 3.8) is 0 Å². The second-order valence-electron chi connectivity index (χ2n) is 9.29. The molecule has 0 saturated carbocycles. The molecule has 1 fully saturated rings. The monoisotopic (exact) mass is 465 g/mol. The number of amides is 1. The molecule has 0 aromatic heterocycles. The summed E-state index contributed by atoms with van der Waals surface area (Å²) in [6.07, 6.45) is -4.59. The zero-order chi connectivity index (χ0) is 24.2. The van der Waals surface area contributed by atoms with Gasteiger partial charge in [-0.25, -0.2) is 4.79 Å². The third-order valence-corrected chi connectivity index (χ3v) is 5.43. The van der Waals surface area contributed by atoms with Gasteiger partial charge in [0.15, 0.2) is 0 Å². The molecule has 0 unspecified atom stereocenters. The van der Waals surface area contributed by atoms with E-state index in [0.29, 0.717) is 25.0 Å². The molecule has 5 nitrogen and oxygen atoms in total. The Morgan fingerprint density at radius 1 is 1.06 bits per heavy atom. The van der Waals surface area contributed by atoms with Gasteiger partial charge in [-0.15, -0.1) is 0 Å². The number of ether oxygens (including phenoxy) is 2. The lowest BCUT2D eigenvalue weighted by Crippen LogP contribution is -2.51. The zero-order valence-corrected chi connectivity index (χ0v) is 19.0. The molecule has 1 aliphatic rings. The second-order valence-corrected chi connectivity index (χ2v) is 9.29. The number of rotatable bonds is 5. The molecule has 1 aliphatic heterocycles. The highest BCUT2D eigenvalue weighted by molar-refractivity contribution is 5.68. The van der Waals surface area contributed by atoms with Gasteiger partial charge >= 0.3 is 12.3 Å². The van der Waals surface area contributed by atoms with Gasteiger partial charge in [-0.3, -0.25) is 0 Å². The molecular weight excluding hydrogens is 435 g/mol. The average molecular weight is 466 g/mol. The number of β-amino-alcohol motifs (C(OH)–C–C–N with tert-alkyl or cyclic N) is 1. The molecule has 3 rings (SSSR count). The van der Waals surface area contributed by atoms with Gasteiger partial charge in [-0.2, -0.15) is 13.2 Å². The van der Waals surface area contributed by atoms with Crippen molar-refractivity contribution >= 4 is 6.09 Å². The number of aliphatic hydroxyl groups is 1. The smallest absolute Gasteiger partial charge is 0.416 e. The molecule has 0 bridgehead atoms. The van der Waals surface area contributed by atoms with Crippen LogP contribution in [0.4, 0.5) is 18.0 Å². The highest BCUT2D eigenvalue weighted by Crippen LogP contribution is 2.34. The zero-order valence-electron chi connectivity index (χ0n) is 19.0. The van der Waals surface area contributed by atoms with E-state index in [0.717, 1.165) is 17.7 Å². The first-order valence-corrected chi connectivity index (χ1v) is 11.0. The third kappa shape index (κ3) is 7.12. The highest BCUT2D eigenvalue weighted by atomic mass is 19.4. The van der Waals surface area contributed by atoms with Crippen LogP contribution in [0, 0.1) is 0 Å². The number of alkyl halides is 3. The molecule has 2 aromatic rings. The van der Waals surface area contributed by atoms with Crippen LogP contribution in [-0.4, -0.2) is 40.4 Å². The number of halogens is 3. The molecule has 3 atom stereocenters. The number of aliphatic hydroxyl groups excluding tert-OH is 1. The van der Waals surface area contributed by atoms with Crippen LogP contribution in [0.3, 0.4) is 0 Å². The average Bonchev–Trinajstić information content (AvgIpc) is 2.73. The number of hydrogen-bond acceptors (Lipinski definition) is 4. The number of hydrogen-bond donors (Lipinski definition) is 1. The summed E-state index contributed by atoms with van der Waals surface area (Å²) in [5.41, 5.74) is -0.587. The Labute approximate surface area is 192 Å². The van der Waals surface area contributed by atoms with E-state index in [1.165, 1.54) is 17.0 Å².